The highest BCUT2D eigenvalue weighted by molar-refractivity contribution is 6.30. The summed E-state index contributed by atoms with van der Waals surface area (Å²) in [6.07, 6.45) is 3.67. The van der Waals surface area contributed by atoms with Crippen molar-refractivity contribution in [1.29, 1.82) is 0 Å². The van der Waals surface area contributed by atoms with Gasteiger partial charge in [0.1, 0.15) is 5.75 Å². The third-order valence-electron chi connectivity index (χ3n) is 4.42. The Morgan fingerprint density at radius 2 is 2.03 bits per heavy atom. The van der Waals surface area contributed by atoms with Crippen molar-refractivity contribution in [2.45, 2.75) is 19.1 Å². The van der Waals surface area contributed by atoms with E-state index in [4.69, 9.17) is 16.3 Å². The predicted molar refractivity (Wildman–Crippen MR) is 113 cm³/mol. The van der Waals surface area contributed by atoms with E-state index in [9.17, 15) is 14.6 Å². The lowest BCUT2D eigenvalue weighted by molar-refractivity contribution is 0.198. The Bertz CT molecular complexity index is 933. The molecule has 0 radical (unpaired) electrons. The molecule has 0 amide bonds. The monoisotopic (exact) mass is 418 g/mol. The van der Waals surface area contributed by atoms with Crippen LogP contribution in [0.2, 0.25) is 5.02 Å². The molecule has 2 N–H and O–H groups in total. The number of aromatic nitrogens is 1. The third-order valence-corrected chi connectivity index (χ3v) is 4.64. The van der Waals surface area contributed by atoms with Gasteiger partial charge in [-0.2, -0.15) is 0 Å². The molecule has 0 spiro atoms. The number of aliphatic hydroxyl groups is 2. The summed E-state index contributed by atoms with van der Waals surface area (Å²) in [5.74, 6) is 0.188. The number of halogens is 2. The van der Waals surface area contributed by atoms with Crippen molar-refractivity contribution in [3.05, 3.63) is 83.4 Å². The summed E-state index contributed by atoms with van der Waals surface area (Å²) >= 11 is 5.48. The number of anilines is 1. The number of hydrogen-bond donors (Lipinski definition) is 2. The summed E-state index contributed by atoms with van der Waals surface area (Å²) in [6, 6.07) is 15.0. The maximum Gasteiger partial charge on any atom is 0.165 e. The normalized spacial score (nSPS) is 15.6. The van der Waals surface area contributed by atoms with Crippen LogP contribution in [0.1, 0.15) is 13.4 Å². The van der Waals surface area contributed by atoms with Crippen LogP contribution < -0.4 is 9.64 Å². The molecule has 154 valence electrons. The van der Waals surface area contributed by atoms with Crippen LogP contribution in [0.4, 0.5) is 10.1 Å². The first-order valence-corrected chi connectivity index (χ1v) is 9.59. The first kappa shape index (κ1) is 21.0. The van der Waals surface area contributed by atoms with Crippen molar-refractivity contribution in [3.8, 4) is 11.5 Å². The molecule has 2 aromatic carbocycles. The molecule has 1 saturated heterocycles. The van der Waals surface area contributed by atoms with Crippen molar-refractivity contribution in [2.75, 3.05) is 18.0 Å². The van der Waals surface area contributed by atoms with Crippen LogP contribution in [0.15, 0.2) is 67.0 Å². The molecule has 0 bridgehead atoms. The average molecular weight is 419 g/mol. The Balaban J connectivity index is 0.000000341. The minimum atomic E-state index is -0.431. The number of ether oxygens (including phenoxy) is 1. The summed E-state index contributed by atoms with van der Waals surface area (Å²) in [5, 5.41) is 19.9. The third kappa shape index (κ3) is 5.90. The lowest BCUT2D eigenvalue weighted by atomic mass is 10.1. The van der Waals surface area contributed by atoms with Crippen LogP contribution in [-0.4, -0.2) is 34.4 Å². The highest BCUT2D eigenvalue weighted by Gasteiger charge is 2.22. The van der Waals surface area contributed by atoms with Crippen LogP contribution in [0.3, 0.4) is 0 Å². The van der Waals surface area contributed by atoms with Gasteiger partial charge in [0.2, 0.25) is 0 Å². The number of rotatable bonds is 4. The van der Waals surface area contributed by atoms with Gasteiger partial charge in [-0.3, -0.25) is 4.98 Å². The number of benzene rings is 2. The van der Waals surface area contributed by atoms with Crippen LogP contribution in [0.5, 0.6) is 11.5 Å². The first-order chi connectivity index (χ1) is 14.1. The fourth-order valence-corrected chi connectivity index (χ4v) is 3.15. The molecule has 1 aromatic heterocycles. The van der Waals surface area contributed by atoms with E-state index in [0.717, 1.165) is 18.7 Å². The maximum atomic E-state index is 13.6. The van der Waals surface area contributed by atoms with Crippen molar-refractivity contribution < 1.29 is 20.8 Å². The van der Waals surface area contributed by atoms with Gasteiger partial charge in [-0.05, 0) is 48.9 Å². The zero-order chi connectivity index (χ0) is 20.6. The summed E-state index contributed by atoms with van der Waals surface area (Å²) in [5.41, 5.74) is 1.57. The van der Waals surface area contributed by atoms with Crippen LogP contribution in [-0.2, 0) is 6.61 Å². The maximum absolute atomic E-state index is 13.6. The lowest BCUT2D eigenvalue weighted by Crippen LogP contribution is -2.22. The van der Waals surface area contributed by atoms with E-state index in [1.54, 1.807) is 54.9 Å². The second kappa shape index (κ2) is 10.2. The van der Waals surface area contributed by atoms with E-state index in [1.807, 2.05) is 11.0 Å². The van der Waals surface area contributed by atoms with E-state index in [2.05, 4.69) is 4.98 Å². The zero-order valence-electron chi connectivity index (χ0n) is 15.7. The van der Waals surface area contributed by atoms with Gasteiger partial charge in [0.05, 0.1) is 17.7 Å². The predicted octanol–water partition coefficient (Wildman–Crippen LogP) is 4.66. The quantitative estimate of drug-likeness (QED) is 0.645. The van der Waals surface area contributed by atoms with E-state index in [-0.39, 0.29) is 19.9 Å². The molecule has 4 rings (SSSR count). The van der Waals surface area contributed by atoms with Crippen molar-refractivity contribution >= 4 is 17.3 Å². The molecular weight excluding hydrogens is 395 g/mol. The smallest absolute Gasteiger partial charge is 0.165 e. The van der Waals surface area contributed by atoms with E-state index in [0.29, 0.717) is 22.9 Å². The Labute approximate surface area is 175 Å². The Morgan fingerprint density at radius 1 is 1.21 bits per heavy atom. The van der Waals surface area contributed by atoms with Crippen molar-refractivity contribution in [2.24, 2.45) is 0 Å². The number of pyridine rings is 1. The van der Waals surface area contributed by atoms with Gasteiger partial charge in [-0.1, -0.05) is 23.7 Å². The molecule has 5 nitrogen and oxygen atoms in total. The van der Waals surface area contributed by atoms with Crippen molar-refractivity contribution in [1.82, 2.24) is 4.98 Å². The topological polar surface area (TPSA) is 65.8 Å². The van der Waals surface area contributed by atoms with E-state index >= 15 is 0 Å². The first-order valence-electron chi connectivity index (χ1n) is 9.21. The van der Waals surface area contributed by atoms with Crippen molar-refractivity contribution in [3.63, 3.8) is 0 Å². The molecule has 1 aliphatic rings. The van der Waals surface area contributed by atoms with Gasteiger partial charge in [-0.25, -0.2) is 4.39 Å². The molecule has 29 heavy (non-hydrogen) atoms. The average Bonchev–Trinajstić information content (AvgIpc) is 3.17. The molecule has 0 saturated carbocycles. The number of para-hydroxylation sites is 1. The largest absolute Gasteiger partial charge is 0.454 e. The van der Waals surface area contributed by atoms with Crippen LogP contribution in [0.25, 0.3) is 0 Å². The fraction of sp³-hybridized carbons (Fsp3) is 0.227. The molecule has 0 aliphatic carbocycles. The number of nitrogens with zero attached hydrogens (tertiary/aromatic N) is 2. The summed E-state index contributed by atoms with van der Waals surface area (Å²) in [7, 11) is 0. The van der Waals surface area contributed by atoms with Crippen LogP contribution in [0, 0.1) is 5.82 Å². The van der Waals surface area contributed by atoms with Gasteiger partial charge in [0.15, 0.2) is 11.6 Å². The molecular formula is C22H24ClFN2O3. The molecule has 3 aromatic rings. The molecule has 7 heteroatoms. The standard InChI is InChI=1S/C17H18FNO3.C5H4ClN.H2/c18-15-3-1-2-4-17(15)22-14-5-6-16(12(9-14)11-20)19-8-7-13(21)10-19;6-5-2-1-3-7-4-5;/h1-6,9,13,20-21H,7-8,10-11H2;1-4H;1H/t13-;;/m0../s1. The van der Waals surface area contributed by atoms with Crippen LogP contribution >= 0.6 is 11.6 Å². The van der Waals surface area contributed by atoms with E-state index in [1.165, 1.54) is 6.07 Å². The lowest BCUT2D eigenvalue weighted by Gasteiger charge is -2.21. The minimum absolute atomic E-state index is 0. The number of hydrogen-bond acceptors (Lipinski definition) is 5. The molecule has 1 atom stereocenters. The summed E-state index contributed by atoms with van der Waals surface area (Å²) in [4.78, 5) is 5.78. The van der Waals surface area contributed by atoms with Gasteiger partial charge < -0.3 is 19.8 Å². The molecule has 0 unspecified atom stereocenters. The SMILES string of the molecule is Clc1cccnc1.OCc1cc(Oc2ccccc2F)ccc1N1CC[C@H](O)C1.[HH]. The molecule has 2 heterocycles. The van der Waals surface area contributed by atoms with Gasteiger partial charge >= 0.3 is 0 Å². The number of β-amino-alcohol motifs (C(OH)–C–C–N with tert-alkyl or cyclic N) is 1. The van der Waals surface area contributed by atoms with Gasteiger partial charge in [0, 0.05) is 38.2 Å². The van der Waals surface area contributed by atoms with Gasteiger partial charge in [0.25, 0.3) is 0 Å². The van der Waals surface area contributed by atoms with Gasteiger partial charge in [-0.15, -0.1) is 0 Å². The Kier molecular flexibility index (Phi) is 7.41. The molecule has 1 aliphatic heterocycles. The Hall–Kier alpha value is -2.67. The second-order valence-corrected chi connectivity index (χ2v) is 6.98. The molecule has 1 fully saturated rings. The van der Waals surface area contributed by atoms with E-state index < -0.39 is 5.82 Å². The fourth-order valence-electron chi connectivity index (χ4n) is 3.02. The summed E-state index contributed by atoms with van der Waals surface area (Å²) in [6.45, 7) is 1.17. The highest BCUT2D eigenvalue weighted by atomic mass is 35.5. The zero-order valence-corrected chi connectivity index (χ0v) is 16.5. The second-order valence-electron chi connectivity index (χ2n) is 6.54. The highest BCUT2D eigenvalue weighted by Crippen LogP contribution is 2.31. The minimum Gasteiger partial charge on any atom is -0.454 e. The summed E-state index contributed by atoms with van der Waals surface area (Å²) < 4.78 is 19.2. The number of aliphatic hydroxyl groups excluding tert-OH is 2. The Morgan fingerprint density at radius 3 is 2.62 bits per heavy atom.